The van der Waals surface area contributed by atoms with Gasteiger partial charge in [0.15, 0.2) is 6.10 Å². The van der Waals surface area contributed by atoms with Crippen molar-refractivity contribution in [1.29, 1.82) is 0 Å². The Hall–Kier alpha value is -3.15. The minimum Gasteiger partial charge on any atom is -0.462 e. The normalized spacial score (nSPS) is 12.5. The molecule has 0 bridgehead atoms. The van der Waals surface area contributed by atoms with Gasteiger partial charge in [-0.2, -0.15) is 0 Å². The zero-order valence-electron chi connectivity index (χ0n) is 54.8. The van der Waals surface area contributed by atoms with E-state index in [9.17, 15) is 14.4 Å². The summed E-state index contributed by atoms with van der Waals surface area (Å²) in [6, 6.07) is 0. The van der Waals surface area contributed by atoms with Crippen LogP contribution < -0.4 is 0 Å². The lowest BCUT2D eigenvalue weighted by molar-refractivity contribution is -0.167. The van der Waals surface area contributed by atoms with Gasteiger partial charge in [-0.25, -0.2) is 0 Å². The van der Waals surface area contributed by atoms with Crippen molar-refractivity contribution in [2.24, 2.45) is 0 Å². The fourth-order valence-corrected chi connectivity index (χ4v) is 10.6. The average Bonchev–Trinajstić information content (AvgIpc) is 3.47. The van der Waals surface area contributed by atoms with E-state index in [0.717, 1.165) is 96.3 Å². The molecule has 0 aliphatic rings. The van der Waals surface area contributed by atoms with Crippen LogP contribution in [0.5, 0.6) is 0 Å². The second kappa shape index (κ2) is 70.3. The largest absolute Gasteiger partial charge is 0.462 e. The quantitative estimate of drug-likeness (QED) is 0.0261. The lowest BCUT2D eigenvalue weighted by atomic mass is 10.0. The Kier molecular flexibility index (Phi) is 67.6. The molecular weight excluding hydrogens is 1010 g/mol. The molecule has 0 amide bonds. The van der Waals surface area contributed by atoms with Gasteiger partial charge in [0, 0.05) is 19.3 Å². The van der Waals surface area contributed by atoms with E-state index in [2.05, 4.69) is 93.7 Å². The fraction of sp³-hybridized carbons (Fsp3) is 0.803. The Morgan fingerprint density at radius 1 is 0.256 bits per heavy atom. The predicted molar refractivity (Wildman–Crippen MR) is 358 cm³/mol. The summed E-state index contributed by atoms with van der Waals surface area (Å²) in [6.45, 7) is 6.58. The van der Waals surface area contributed by atoms with Gasteiger partial charge >= 0.3 is 17.9 Å². The van der Waals surface area contributed by atoms with Crippen LogP contribution >= 0.6 is 0 Å². The first-order valence-corrected chi connectivity index (χ1v) is 35.9. The van der Waals surface area contributed by atoms with Gasteiger partial charge in [0.25, 0.3) is 0 Å². The molecule has 0 aliphatic carbocycles. The molecule has 0 fully saturated rings. The molecule has 0 radical (unpaired) electrons. The Bertz CT molecular complexity index is 1500. The first kappa shape index (κ1) is 78.8. The number of carbonyl (C=O) groups excluding carboxylic acids is 3. The maximum atomic E-state index is 13.0. The highest BCUT2D eigenvalue weighted by Gasteiger charge is 2.19. The molecule has 82 heavy (non-hydrogen) atoms. The maximum absolute atomic E-state index is 13.0. The number of carbonyl (C=O) groups is 3. The van der Waals surface area contributed by atoms with E-state index in [1.807, 2.05) is 0 Å². The summed E-state index contributed by atoms with van der Waals surface area (Å²) in [5, 5.41) is 0. The monoisotopic (exact) mass is 1150 g/mol. The van der Waals surface area contributed by atoms with Gasteiger partial charge in [-0.05, 0) is 89.9 Å². The number of unbranched alkanes of at least 4 members (excludes halogenated alkanes) is 43. The highest BCUT2D eigenvalue weighted by Crippen LogP contribution is 2.18. The van der Waals surface area contributed by atoms with E-state index in [1.54, 1.807) is 0 Å². The van der Waals surface area contributed by atoms with E-state index in [-0.39, 0.29) is 31.1 Å². The van der Waals surface area contributed by atoms with Gasteiger partial charge < -0.3 is 14.2 Å². The summed E-state index contributed by atoms with van der Waals surface area (Å²) in [4.78, 5) is 38.5. The lowest BCUT2D eigenvalue weighted by Gasteiger charge is -2.18. The second-order valence-electron chi connectivity index (χ2n) is 24.1. The van der Waals surface area contributed by atoms with Crippen molar-refractivity contribution in [3.63, 3.8) is 0 Å². The van der Waals surface area contributed by atoms with Crippen LogP contribution in [-0.2, 0) is 28.6 Å². The summed E-state index contributed by atoms with van der Waals surface area (Å²) in [6.07, 6.45) is 92.1. The van der Waals surface area contributed by atoms with Crippen molar-refractivity contribution in [3.8, 4) is 0 Å². The van der Waals surface area contributed by atoms with Crippen molar-refractivity contribution in [2.45, 2.75) is 380 Å². The van der Waals surface area contributed by atoms with E-state index in [0.29, 0.717) is 19.3 Å². The summed E-state index contributed by atoms with van der Waals surface area (Å²) in [7, 11) is 0. The lowest BCUT2D eigenvalue weighted by Crippen LogP contribution is -2.30. The molecule has 6 nitrogen and oxygen atoms in total. The van der Waals surface area contributed by atoms with Crippen LogP contribution in [0.1, 0.15) is 374 Å². The van der Waals surface area contributed by atoms with Gasteiger partial charge in [0.2, 0.25) is 0 Å². The molecule has 0 saturated carbocycles. The average molecular weight is 1150 g/mol. The minimum atomic E-state index is -0.780. The SMILES string of the molecule is CC/C=C\C/C=C\C/C=C\C/C=C\C/C=C\CCCCCCCCCCCCCC(=O)OCC(COC(=O)CCCCCCC/C=C\CCCCCCCC)OC(=O)CCCCCCCCCCCCCCCCCCCCCCCC. The topological polar surface area (TPSA) is 78.9 Å². The molecule has 0 spiro atoms. The summed E-state index contributed by atoms with van der Waals surface area (Å²) in [5.41, 5.74) is 0. The third kappa shape index (κ3) is 67.6. The molecule has 1 atom stereocenters. The zero-order valence-corrected chi connectivity index (χ0v) is 54.8. The number of hydrogen-bond acceptors (Lipinski definition) is 6. The van der Waals surface area contributed by atoms with Crippen molar-refractivity contribution in [1.82, 2.24) is 0 Å². The molecular formula is C76H136O6. The molecule has 0 saturated heterocycles. The number of esters is 3. The van der Waals surface area contributed by atoms with Gasteiger partial charge in [0.05, 0.1) is 0 Å². The van der Waals surface area contributed by atoms with Gasteiger partial charge in [0.1, 0.15) is 13.2 Å². The van der Waals surface area contributed by atoms with Crippen LogP contribution in [0, 0.1) is 0 Å². The highest BCUT2D eigenvalue weighted by molar-refractivity contribution is 5.71. The standard InChI is InChI=1S/C76H136O6/c1-4-7-10-13-16-19-22-25-28-30-32-34-36-37-38-39-40-42-43-45-48-51-54-57-60-63-66-69-75(78)81-72-73(71-80-74(77)68-65-62-59-56-53-50-47-27-24-21-18-15-12-9-6-3)82-76(79)70-67-64-61-58-55-52-49-46-44-41-35-33-31-29-26-23-20-17-14-11-8-5-2/h7,10,16,19,25,27-28,32,34,37-38,47,73H,4-6,8-9,11-15,17-18,20-24,26,29-31,33,35-36,39-46,48-72H2,1-3H3/b10-7-,19-16-,28-25-,34-32-,38-37-,47-27-. The Morgan fingerprint density at radius 3 is 0.756 bits per heavy atom. The summed E-state index contributed by atoms with van der Waals surface area (Å²) >= 11 is 0. The van der Waals surface area contributed by atoms with Crippen molar-refractivity contribution >= 4 is 17.9 Å². The van der Waals surface area contributed by atoms with Crippen molar-refractivity contribution in [3.05, 3.63) is 72.9 Å². The predicted octanol–water partition coefficient (Wildman–Crippen LogP) is 24.8. The Balaban J connectivity index is 4.29. The molecule has 1 unspecified atom stereocenters. The minimum absolute atomic E-state index is 0.0754. The third-order valence-electron chi connectivity index (χ3n) is 15.9. The van der Waals surface area contributed by atoms with Gasteiger partial charge in [-0.1, -0.05) is 338 Å². The molecule has 0 aromatic carbocycles. The molecule has 476 valence electrons. The van der Waals surface area contributed by atoms with Gasteiger partial charge in [-0.3, -0.25) is 14.4 Å². The van der Waals surface area contributed by atoms with E-state index in [1.165, 1.54) is 238 Å². The number of hydrogen-bond donors (Lipinski definition) is 0. The van der Waals surface area contributed by atoms with Crippen LogP contribution in [0.3, 0.4) is 0 Å². The number of allylic oxidation sites excluding steroid dienone is 12. The molecule has 0 aromatic rings. The van der Waals surface area contributed by atoms with Crippen LogP contribution in [-0.4, -0.2) is 37.2 Å². The van der Waals surface area contributed by atoms with Crippen LogP contribution in [0.4, 0.5) is 0 Å². The Labute approximate surface area is 510 Å². The molecule has 0 heterocycles. The summed E-state index contributed by atoms with van der Waals surface area (Å²) in [5.74, 6) is -0.862. The molecule has 0 aromatic heterocycles. The van der Waals surface area contributed by atoms with Crippen LogP contribution in [0.15, 0.2) is 72.9 Å². The van der Waals surface area contributed by atoms with E-state index < -0.39 is 6.10 Å². The van der Waals surface area contributed by atoms with Gasteiger partial charge in [-0.15, -0.1) is 0 Å². The van der Waals surface area contributed by atoms with E-state index in [4.69, 9.17) is 14.2 Å². The Morgan fingerprint density at radius 2 is 0.476 bits per heavy atom. The smallest absolute Gasteiger partial charge is 0.306 e. The zero-order chi connectivity index (χ0) is 59.2. The molecule has 0 N–H and O–H groups in total. The van der Waals surface area contributed by atoms with Crippen LogP contribution in [0.2, 0.25) is 0 Å². The second-order valence-corrected chi connectivity index (χ2v) is 24.1. The number of ether oxygens (including phenoxy) is 3. The van der Waals surface area contributed by atoms with Crippen molar-refractivity contribution in [2.75, 3.05) is 13.2 Å². The third-order valence-corrected chi connectivity index (χ3v) is 15.9. The molecule has 6 heteroatoms. The van der Waals surface area contributed by atoms with Crippen molar-refractivity contribution < 1.29 is 28.6 Å². The first-order valence-electron chi connectivity index (χ1n) is 35.9. The van der Waals surface area contributed by atoms with E-state index >= 15 is 0 Å². The maximum Gasteiger partial charge on any atom is 0.306 e. The summed E-state index contributed by atoms with van der Waals surface area (Å²) < 4.78 is 17.0. The first-order chi connectivity index (χ1) is 40.5. The fourth-order valence-electron chi connectivity index (χ4n) is 10.6. The molecule has 0 aliphatic heterocycles. The number of rotatable bonds is 66. The van der Waals surface area contributed by atoms with Crippen LogP contribution in [0.25, 0.3) is 0 Å². The molecule has 0 rings (SSSR count). The highest BCUT2D eigenvalue weighted by atomic mass is 16.6.